The number of rotatable bonds is 10. The van der Waals surface area contributed by atoms with Crippen LogP contribution < -0.4 is 15.4 Å². The predicted octanol–water partition coefficient (Wildman–Crippen LogP) is 5.86. The van der Waals surface area contributed by atoms with E-state index in [1.807, 2.05) is 84.3 Å². The predicted molar refractivity (Wildman–Crippen MR) is 160 cm³/mol. The number of aryl methyl sites for hydroxylation is 1. The fourth-order valence-corrected chi connectivity index (χ4v) is 4.60. The zero-order valence-electron chi connectivity index (χ0n) is 22.2. The Hall–Kier alpha value is -4.34. The molecule has 0 aliphatic carbocycles. The molecule has 2 aromatic heterocycles. The average Bonchev–Trinajstić information content (AvgIpc) is 3.43. The van der Waals surface area contributed by atoms with Crippen LogP contribution in [0.4, 0.5) is 17.2 Å². The molecule has 8 nitrogen and oxygen atoms in total. The number of nitrogens with zero attached hydrogens (tertiary/aromatic N) is 4. The third-order valence-corrected chi connectivity index (χ3v) is 6.94. The number of carbonyl (C=O) groups excluding carboxylic acids is 1. The van der Waals surface area contributed by atoms with Gasteiger partial charge in [0.15, 0.2) is 11.5 Å². The fourth-order valence-electron chi connectivity index (χ4n) is 3.95. The first kappa shape index (κ1) is 26.3. The second-order valence-corrected chi connectivity index (χ2v) is 10.4. The van der Waals surface area contributed by atoms with Crippen LogP contribution in [0.15, 0.2) is 96.3 Å². The molecule has 2 heterocycles. The van der Waals surface area contributed by atoms with Crippen molar-refractivity contribution in [2.45, 2.75) is 11.8 Å². The molecule has 0 radical (unpaired) electrons. The van der Waals surface area contributed by atoms with Gasteiger partial charge in [0.1, 0.15) is 0 Å². The fraction of sp³-hybridized carbons (Fsp3) is 0.167. The molecule has 0 fully saturated rings. The molecule has 0 atom stereocenters. The van der Waals surface area contributed by atoms with Gasteiger partial charge in [-0.05, 0) is 81.5 Å². The van der Waals surface area contributed by atoms with E-state index in [9.17, 15) is 4.79 Å². The third kappa shape index (κ3) is 6.76. The van der Waals surface area contributed by atoms with E-state index in [4.69, 9.17) is 4.98 Å². The number of likely N-dealkylation sites (N-methyl/N-ethyl adjacent to an activating group) is 1. The van der Waals surface area contributed by atoms with E-state index in [0.29, 0.717) is 23.6 Å². The van der Waals surface area contributed by atoms with Crippen LogP contribution in [-0.2, 0) is 0 Å². The zero-order chi connectivity index (χ0) is 27.2. The summed E-state index contributed by atoms with van der Waals surface area (Å²) in [6, 6.07) is 24.0. The summed E-state index contributed by atoms with van der Waals surface area (Å²) in [4.78, 5) is 25.2. The minimum Gasteiger partial charge on any atom is -0.351 e. The molecule has 9 heteroatoms. The van der Waals surface area contributed by atoms with E-state index >= 15 is 0 Å². The van der Waals surface area contributed by atoms with Crippen molar-refractivity contribution in [1.29, 1.82) is 0 Å². The third-order valence-electron chi connectivity index (χ3n) is 6.09. The van der Waals surface area contributed by atoms with E-state index in [-0.39, 0.29) is 5.91 Å². The van der Waals surface area contributed by atoms with E-state index in [2.05, 4.69) is 51.5 Å². The molecule has 198 valence electrons. The van der Waals surface area contributed by atoms with Gasteiger partial charge in [-0.2, -0.15) is 0 Å². The Labute approximate surface area is 232 Å². The minimum absolute atomic E-state index is 0.102. The normalized spacial score (nSPS) is 11.1. The zero-order valence-corrected chi connectivity index (χ0v) is 23.0. The Morgan fingerprint density at radius 1 is 1.00 bits per heavy atom. The molecule has 0 aliphatic rings. The van der Waals surface area contributed by atoms with Crippen LogP contribution in [0.3, 0.4) is 0 Å². The molecule has 3 aromatic carbocycles. The van der Waals surface area contributed by atoms with Crippen molar-refractivity contribution in [3.05, 3.63) is 103 Å². The summed E-state index contributed by atoms with van der Waals surface area (Å²) in [7, 11) is 3.96. The molecule has 5 aromatic rings. The second-order valence-electron chi connectivity index (χ2n) is 9.49. The standard InChI is InChI=1S/C30H31N7OS/c1-21-7-13-26(14-8-21)39-35-25-11-9-24(10-12-25)33-28-29-31-16-18-37(29)20-27(34-28)22-5-4-6-23(19-22)30(38)32-15-17-36(2)3/h4-14,16,18-20,35H,15,17H2,1-3H3,(H,32,38)(H,33,34). The Morgan fingerprint density at radius 2 is 1.77 bits per heavy atom. The minimum atomic E-state index is -0.102. The van der Waals surface area contributed by atoms with Gasteiger partial charge in [-0.3, -0.25) is 4.79 Å². The quantitative estimate of drug-likeness (QED) is 0.192. The van der Waals surface area contributed by atoms with Crippen LogP contribution in [0.1, 0.15) is 15.9 Å². The molecule has 0 saturated heterocycles. The van der Waals surface area contributed by atoms with Gasteiger partial charge in [0.05, 0.1) is 5.69 Å². The van der Waals surface area contributed by atoms with Gasteiger partial charge in [0, 0.05) is 59.1 Å². The molecule has 0 spiro atoms. The van der Waals surface area contributed by atoms with Gasteiger partial charge in [-0.1, -0.05) is 29.8 Å². The molecule has 0 saturated carbocycles. The molecular formula is C30H31N7OS. The van der Waals surface area contributed by atoms with Crippen LogP contribution in [0.5, 0.6) is 0 Å². The lowest BCUT2D eigenvalue weighted by Crippen LogP contribution is -2.31. The average molecular weight is 538 g/mol. The summed E-state index contributed by atoms with van der Waals surface area (Å²) in [6.07, 6.45) is 5.56. The summed E-state index contributed by atoms with van der Waals surface area (Å²) in [5, 5.41) is 6.38. The Bertz CT molecular complexity index is 1560. The lowest BCUT2D eigenvalue weighted by Gasteiger charge is -2.12. The summed E-state index contributed by atoms with van der Waals surface area (Å²) in [5.74, 6) is 0.531. The SMILES string of the molecule is Cc1ccc(SNc2ccc(Nc3nc(-c4cccc(C(=O)NCCN(C)C)c4)cn4ccnc34)cc2)cc1. The molecule has 0 bridgehead atoms. The topological polar surface area (TPSA) is 86.6 Å². The summed E-state index contributed by atoms with van der Waals surface area (Å²) < 4.78 is 5.32. The first-order valence-electron chi connectivity index (χ1n) is 12.7. The van der Waals surface area contributed by atoms with E-state index in [0.717, 1.165) is 34.1 Å². The van der Waals surface area contributed by atoms with Crippen molar-refractivity contribution in [2.75, 3.05) is 37.2 Å². The number of anilines is 3. The molecule has 3 N–H and O–H groups in total. The van der Waals surface area contributed by atoms with Crippen LogP contribution in [0.2, 0.25) is 0 Å². The summed E-state index contributed by atoms with van der Waals surface area (Å²) in [5.41, 5.74) is 6.03. The highest BCUT2D eigenvalue weighted by atomic mass is 32.2. The van der Waals surface area contributed by atoms with Crippen molar-refractivity contribution in [1.82, 2.24) is 24.6 Å². The number of amides is 1. The Kier molecular flexibility index (Phi) is 8.10. The van der Waals surface area contributed by atoms with Crippen molar-refractivity contribution < 1.29 is 4.79 Å². The maximum absolute atomic E-state index is 12.7. The highest BCUT2D eigenvalue weighted by Crippen LogP contribution is 2.27. The van der Waals surface area contributed by atoms with Gasteiger partial charge < -0.3 is 24.7 Å². The lowest BCUT2D eigenvalue weighted by molar-refractivity contribution is 0.0951. The number of hydrogen-bond donors (Lipinski definition) is 3. The monoisotopic (exact) mass is 537 g/mol. The van der Waals surface area contributed by atoms with Crippen molar-refractivity contribution in [3.8, 4) is 11.3 Å². The maximum Gasteiger partial charge on any atom is 0.251 e. The maximum atomic E-state index is 12.7. The number of nitrogens with one attached hydrogen (secondary N) is 3. The highest BCUT2D eigenvalue weighted by molar-refractivity contribution is 8.00. The molecule has 1 amide bonds. The molecule has 0 unspecified atom stereocenters. The van der Waals surface area contributed by atoms with Gasteiger partial charge in [-0.15, -0.1) is 0 Å². The first-order valence-corrected chi connectivity index (χ1v) is 13.5. The van der Waals surface area contributed by atoms with Crippen molar-refractivity contribution in [2.24, 2.45) is 0 Å². The molecule has 39 heavy (non-hydrogen) atoms. The van der Waals surface area contributed by atoms with Gasteiger partial charge in [0.2, 0.25) is 0 Å². The van der Waals surface area contributed by atoms with Gasteiger partial charge in [0.25, 0.3) is 5.91 Å². The van der Waals surface area contributed by atoms with Crippen molar-refractivity contribution >= 4 is 40.7 Å². The molecule has 5 rings (SSSR count). The molecule has 0 aliphatic heterocycles. The number of benzene rings is 3. The van der Waals surface area contributed by atoms with Gasteiger partial charge >= 0.3 is 0 Å². The first-order chi connectivity index (χ1) is 18.9. The number of imidazole rings is 1. The van der Waals surface area contributed by atoms with Crippen LogP contribution >= 0.6 is 11.9 Å². The number of aromatic nitrogens is 3. The number of fused-ring (bicyclic) bond motifs is 1. The Balaban J connectivity index is 1.32. The van der Waals surface area contributed by atoms with Crippen molar-refractivity contribution in [3.63, 3.8) is 0 Å². The number of carbonyl (C=O) groups is 1. The smallest absolute Gasteiger partial charge is 0.251 e. The lowest BCUT2D eigenvalue weighted by atomic mass is 10.1. The largest absolute Gasteiger partial charge is 0.351 e. The summed E-state index contributed by atoms with van der Waals surface area (Å²) in [6.45, 7) is 3.45. The number of hydrogen-bond acceptors (Lipinski definition) is 7. The van der Waals surface area contributed by atoms with Crippen LogP contribution in [-0.4, -0.2) is 52.4 Å². The van der Waals surface area contributed by atoms with E-state index in [1.165, 1.54) is 5.56 Å². The Morgan fingerprint density at radius 3 is 2.54 bits per heavy atom. The molecular weight excluding hydrogens is 506 g/mol. The second kappa shape index (κ2) is 12.0. The van der Waals surface area contributed by atoms with Gasteiger partial charge in [-0.25, -0.2) is 9.97 Å². The highest BCUT2D eigenvalue weighted by Gasteiger charge is 2.12. The van der Waals surface area contributed by atoms with E-state index < -0.39 is 0 Å². The summed E-state index contributed by atoms with van der Waals surface area (Å²) >= 11 is 1.58. The van der Waals surface area contributed by atoms with E-state index in [1.54, 1.807) is 18.1 Å². The van der Waals surface area contributed by atoms with Crippen LogP contribution in [0, 0.1) is 6.92 Å². The van der Waals surface area contributed by atoms with Crippen LogP contribution in [0.25, 0.3) is 16.9 Å².